The summed E-state index contributed by atoms with van der Waals surface area (Å²) in [6.45, 7) is 2.84. The molecule has 26 heavy (non-hydrogen) atoms. The van der Waals surface area contributed by atoms with Crippen LogP contribution in [0, 0.1) is 0 Å². The first-order valence-electron chi connectivity index (χ1n) is 10.7. The number of carboxylic acids is 1. The molecule has 3 heteroatoms. The molecule has 1 aromatic rings. The van der Waals surface area contributed by atoms with E-state index < -0.39 is 5.97 Å². The summed E-state index contributed by atoms with van der Waals surface area (Å²) in [7, 11) is 0. The van der Waals surface area contributed by atoms with Crippen LogP contribution in [0.3, 0.4) is 0 Å². The van der Waals surface area contributed by atoms with Crippen molar-refractivity contribution in [3.8, 4) is 5.75 Å². The predicted octanol–water partition coefficient (Wildman–Crippen LogP) is 5.91. The number of aromatic carboxylic acids is 1. The number of para-hydroxylation sites is 1. The van der Waals surface area contributed by atoms with E-state index in [2.05, 4.69) is 6.92 Å². The normalized spacial score (nSPS) is 10.8. The summed E-state index contributed by atoms with van der Waals surface area (Å²) in [5.41, 5.74) is 0.137. The van der Waals surface area contributed by atoms with Crippen molar-refractivity contribution in [1.29, 1.82) is 0 Å². The molecule has 0 aliphatic carbocycles. The largest absolute Gasteiger partial charge is 0.545 e. The molecule has 148 valence electrons. The number of hydrogen-bond donors (Lipinski definition) is 0. The van der Waals surface area contributed by atoms with Crippen molar-refractivity contribution >= 4 is 5.97 Å². The first-order chi connectivity index (χ1) is 12.8. The fourth-order valence-corrected chi connectivity index (χ4v) is 3.24. The molecule has 0 heterocycles. The molecular formula is C23H37O3-. The lowest BCUT2D eigenvalue weighted by Crippen LogP contribution is -2.23. The molecule has 0 atom stereocenters. The predicted molar refractivity (Wildman–Crippen MR) is 107 cm³/mol. The zero-order valence-electron chi connectivity index (χ0n) is 16.6. The van der Waals surface area contributed by atoms with Crippen LogP contribution in [-0.4, -0.2) is 12.6 Å². The van der Waals surface area contributed by atoms with Crippen LogP contribution in [0.15, 0.2) is 24.3 Å². The van der Waals surface area contributed by atoms with Gasteiger partial charge in [-0.1, -0.05) is 103 Å². The molecule has 0 saturated heterocycles. The van der Waals surface area contributed by atoms with Crippen molar-refractivity contribution in [2.24, 2.45) is 0 Å². The van der Waals surface area contributed by atoms with Crippen LogP contribution in [0.5, 0.6) is 5.75 Å². The summed E-state index contributed by atoms with van der Waals surface area (Å²) < 4.78 is 5.58. The summed E-state index contributed by atoms with van der Waals surface area (Å²) in [5.74, 6) is -0.760. The van der Waals surface area contributed by atoms with Crippen LogP contribution < -0.4 is 9.84 Å². The van der Waals surface area contributed by atoms with Gasteiger partial charge in [-0.05, 0) is 18.6 Å². The van der Waals surface area contributed by atoms with Gasteiger partial charge in [0.1, 0.15) is 5.75 Å². The van der Waals surface area contributed by atoms with E-state index in [9.17, 15) is 9.90 Å². The van der Waals surface area contributed by atoms with E-state index in [1.807, 2.05) is 0 Å². The standard InChI is InChI=1S/C23H38O3/c1-2-3-4-5-6-7-8-9-10-11-12-13-14-17-20-26-22-19-16-15-18-21(22)23(24)25/h15-16,18-19H,2-14,17,20H2,1H3,(H,24,25)/p-1. The number of benzene rings is 1. The maximum atomic E-state index is 11.0. The van der Waals surface area contributed by atoms with Crippen molar-refractivity contribution < 1.29 is 14.6 Å². The highest BCUT2D eigenvalue weighted by molar-refractivity contribution is 5.89. The van der Waals surface area contributed by atoms with Gasteiger partial charge in [0.2, 0.25) is 0 Å². The Kier molecular flexibility index (Phi) is 13.6. The maximum Gasteiger partial charge on any atom is 0.128 e. The second kappa shape index (κ2) is 15.7. The van der Waals surface area contributed by atoms with Gasteiger partial charge in [0.05, 0.1) is 12.6 Å². The zero-order chi connectivity index (χ0) is 18.9. The molecule has 0 fully saturated rings. The Morgan fingerprint density at radius 1 is 0.769 bits per heavy atom. The topological polar surface area (TPSA) is 49.4 Å². The van der Waals surface area contributed by atoms with Gasteiger partial charge in [0.25, 0.3) is 0 Å². The average molecular weight is 362 g/mol. The highest BCUT2D eigenvalue weighted by Gasteiger charge is 2.03. The van der Waals surface area contributed by atoms with Gasteiger partial charge in [0, 0.05) is 5.56 Å². The lowest BCUT2D eigenvalue weighted by Gasteiger charge is -2.11. The average Bonchev–Trinajstić information content (AvgIpc) is 2.65. The monoisotopic (exact) mass is 361 g/mol. The molecule has 0 bridgehead atoms. The van der Waals surface area contributed by atoms with E-state index in [4.69, 9.17) is 4.74 Å². The van der Waals surface area contributed by atoms with Crippen molar-refractivity contribution in [2.45, 2.75) is 96.8 Å². The number of unbranched alkanes of at least 4 members (excludes halogenated alkanes) is 13. The van der Waals surface area contributed by atoms with Crippen LogP contribution in [0.2, 0.25) is 0 Å². The SMILES string of the molecule is CCCCCCCCCCCCCCCCOc1ccccc1C(=O)[O-]. The molecule has 0 amide bonds. The molecule has 0 radical (unpaired) electrons. The summed E-state index contributed by atoms with van der Waals surface area (Å²) in [4.78, 5) is 11.0. The van der Waals surface area contributed by atoms with E-state index in [1.165, 1.54) is 83.1 Å². The van der Waals surface area contributed by atoms with Crippen LogP contribution >= 0.6 is 0 Å². The second-order valence-electron chi connectivity index (χ2n) is 7.23. The molecule has 0 spiro atoms. The Morgan fingerprint density at radius 3 is 1.73 bits per heavy atom. The number of carboxylic acid groups (broad SMARTS) is 1. The third-order valence-electron chi connectivity index (χ3n) is 4.86. The first-order valence-corrected chi connectivity index (χ1v) is 10.7. The molecule has 3 nitrogen and oxygen atoms in total. The van der Waals surface area contributed by atoms with Crippen molar-refractivity contribution in [3.05, 3.63) is 29.8 Å². The van der Waals surface area contributed by atoms with Gasteiger partial charge in [0.15, 0.2) is 0 Å². The molecule has 0 saturated carbocycles. The summed E-state index contributed by atoms with van der Waals surface area (Å²) in [6, 6.07) is 6.68. The number of carbonyl (C=O) groups is 1. The van der Waals surface area contributed by atoms with E-state index in [0.29, 0.717) is 12.4 Å². The fraction of sp³-hybridized carbons (Fsp3) is 0.696. The van der Waals surface area contributed by atoms with Gasteiger partial charge < -0.3 is 14.6 Å². The third kappa shape index (κ3) is 11.2. The van der Waals surface area contributed by atoms with Gasteiger partial charge in [-0.2, -0.15) is 0 Å². The second-order valence-corrected chi connectivity index (χ2v) is 7.23. The lowest BCUT2D eigenvalue weighted by atomic mass is 10.0. The lowest BCUT2D eigenvalue weighted by molar-refractivity contribution is -0.255. The maximum absolute atomic E-state index is 11.0. The zero-order valence-corrected chi connectivity index (χ0v) is 16.6. The third-order valence-corrected chi connectivity index (χ3v) is 4.86. The number of rotatable bonds is 17. The molecule has 0 N–H and O–H groups in total. The van der Waals surface area contributed by atoms with Crippen LogP contribution in [-0.2, 0) is 0 Å². The Morgan fingerprint density at radius 2 is 1.23 bits per heavy atom. The molecule has 0 aromatic heterocycles. The smallest absolute Gasteiger partial charge is 0.128 e. The fourth-order valence-electron chi connectivity index (χ4n) is 3.24. The number of ether oxygens (including phenoxy) is 1. The molecule has 1 rings (SSSR count). The van der Waals surface area contributed by atoms with Crippen molar-refractivity contribution in [1.82, 2.24) is 0 Å². The van der Waals surface area contributed by atoms with E-state index >= 15 is 0 Å². The Bertz CT molecular complexity index is 470. The van der Waals surface area contributed by atoms with Gasteiger partial charge in [-0.15, -0.1) is 0 Å². The highest BCUT2D eigenvalue weighted by atomic mass is 16.5. The quantitative estimate of drug-likeness (QED) is 0.324. The molecule has 0 aliphatic heterocycles. The first kappa shape index (κ1) is 22.5. The summed E-state index contributed by atoms with van der Waals surface area (Å²) in [6.07, 6.45) is 18.5. The Balaban J connectivity index is 1.88. The van der Waals surface area contributed by atoms with E-state index in [1.54, 1.807) is 18.2 Å². The van der Waals surface area contributed by atoms with Gasteiger partial charge in [-0.3, -0.25) is 0 Å². The Hall–Kier alpha value is -1.51. The minimum atomic E-state index is -1.18. The number of carbonyl (C=O) groups excluding carboxylic acids is 1. The molecular weight excluding hydrogens is 324 g/mol. The van der Waals surface area contributed by atoms with Gasteiger partial charge in [-0.25, -0.2) is 0 Å². The Labute approximate surface area is 160 Å². The highest BCUT2D eigenvalue weighted by Crippen LogP contribution is 2.18. The van der Waals surface area contributed by atoms with Crippen LogP contribution in [0.25, 0.3) is 0 Å². The number of hydrogen-bond acceptors (Lipinski definition) is 3. The van der Waals surface area contributed by atoms with E-state index in [-0.39, 0.29) is 5.56 Å². The summed E-state index contributed by atoms with van der Waals surface area (Å²) in [5, 5.41) is 11.0. The minimum absolute atomic E-state index is 0.137. The van der Waals surface area contributed by atoms with Crippen LogP contribution in [0.1, 0.15) is 107 Å². The van der Waals surface area contributed by atoms with E-state index in [0.717, 1.165) is 12.8 Å². The molecule has 1 aromatic carbocycles. The van der Waals surface area contributed by atoms with Gasteiger partial charge >= 0.3 is 0 Å². The summed E-state index contributed by atoms with van der Waals surface area (Å²) >= 11 is 0. The molecule has 0 unspecified atom stereocenters. The van der Waals surface area contributed by atoms with Crippen molar-refractivity contribution in [2.75, 3.05) is 6.61 Å². The van der Waals surface area contributed by atoms with Crippen molar-refractivity contribution in [3.63, 3.8) is 0 Å². The molecule has 0 aliphatic rings. The van der Waals surface area contributed by atoms with Crippen LogP contribution in [0.4, 0.5) is 0 Å². The minimum Gasteiger partial charge on any atom is -0.545 e.